The molecule has 0 aliphatic carbocycles. The van der Waals surface area contributed by atoms with Gasteiger partial charge in [-0.15, -0.1) is 0 Å². The van der Waals surface area contributed by atoms with Gasteiger partial charge in [-0.3, -0.25) is 0 Å². The Labute approximate surface area is 161 Å². The Morgan fingerprint density at radius 1 is 1.08 bits per heavy atom. The molecule has 0 unspecified atom stereocenters. The highest BCUT2D eigenvalue weighted by Gasteiger charge is 2.14. The van der Waals surface area contributed by atoms with Crippen LogP contribution in [0.5, 0.6) is 0 Å². The molecule has 0 spiro atoms. The first-order valence-corrected chi connectivity index (χ1v) is 10.6. The number of benzene rings is 2. The molecule has 0 heterocycles. The summed E-state index contributed by atoms with van der Waals surface area (Å²) in [5, 5.41) is 6.08. The van der Waals surface area contributed by atoms with Crippen LogP contribution in [0, 0.1) is 5.82 Å². The summed E-state index contributed by atoms with van der Waals surface area (Å²) >= 11 is 3.29. The third kappa shape index (κ3) is 6.42. The lowest BCUT2D eigenvalue weighted by Gasteiger charge is -2.11. The summed E-state index contributed by atoms with van der Waals surface area (Å²) in [6.07, 6.45) is 0. The van der Waals surface area contributed by atoms with E-state index in [0.29, 0.717) is 19.0 Å². The van der Waals surface area contributed by atoms with Crippen LogP contribution in [0.3, 0.4) is 0 Å². The minimum absolute atomic E-state index is 0.0460. The first-order valence-electron chi connectivity index (χ1n) is 8.15. The molecule has 5 nitrogen and oxygen atoms in total. The summed E-state index contributed by atoms with van der Waals surface area (Å²) in [5.74, 6) is 0.180. The summed E-state index contributed by atoms with van der Waals surface area (Å²) in [6.45, 7) is 3.17. The second-order valence-corrected chi connectivity index (χ2v) is 8.55. The molecule has 2 N–H and O–H groups in total. The SMILES string of the molecule is CCNC(=NCc1ccc(F)cc1)NCCS(=O)(=O)c1ccc(Br)cc1. The molecule has 2 aromatic rings. The predicted molar refractivity (Wildman–Crippen MR) is 105 cm³/mol. The Balaban J connectivity index is 1.94. The summed E-state index contributed by atoms with van der Waals surface area (Å²) in [5.41, 5.74) is 0.867. The molecular weight excluding hydrogens is 421 g/mol. The third-order valence-corrected chi connectivity index (χ3v) is 5.77. The van der Waals surface area contributed by atoms with E-state index in [1.165, 1.54) is 12.1 Å². The lowest BCUT2D eigenvalue weighted by molar-refractivity contribution is 0.594. The predicted octanol–water partition coefficient (Wildman–Crippen LogP) is 3.12. The number of nitrogens with one attached hydrogen (secondary N) is 2. The smallest absolute Gasteiger partial charge is 0.191 e. The number of rotatable bonds is 7. The molecule has 8 heteroatoms. The fourth-order valence-electron chi connectivity index (χ4n) is 2.17. The van der Waals surface area contributed by atoms with Gasteiger partial charge in [-0.1, -0.05) is 28.1 Å². The van der Waals surface area contributed by atoms with Gasteiger partial charge in [-0.05, 0) is 48.9 Å². The van der Waals surface area contributed by atoms with E-state index < -0.39 is 9.84 Å². The summed E-state index contributed by atoms with van der Waals surface area (Å²) in [7, 11) is -3.37. The summed E-state index contributed by atoms with van der Waals surface area (Å²) in [4.78, 5) is 4.68. The second kappa shape index (κ2) is 9.68. The van der Waals surface area contributed by atoms with Crippen molar-refractivity contribution >= 4 is 31.7 Å². The van der Waals surface area contributed by atoms with Crippen molar-refractivity contribution in [2.75, 3.05) is 18.8 Å². The third-order valence-electron chi connectivity index (χ3n) is 3.51. The van der Waals surface area contributed by atoms with E-state index in [1.54, 1.807) is 36.4 Å². The van der Waals surface area contributed by atoms with E-state index in [9.17, 15) is 12.8 Å². The minimum Gasteiger partial charge on any atom is -0.357 e. The monoisotopic (exact) mass is 441 g/mol. The van der Waals surface area contributed by atoms with Gasteiger partial charge in [0.25, 0.3) is 0 Å². The number of hydrogen-bond donors (Lipinski definition) is 2. The Bertz CT molecular complexity index is 838. The molecule has 2 rings (SSSR count). The molecule has 26 heavy (non-hydrogen) atoms. The van der Waals surface area contributed by atoms with Crippen molar-refractivity contribution in [2.24, 2.45) is 4.99 Å². The van der Waals surface area contributed by atoms with Crippen LogP contribution in [-0.4, -0.2) is 33.2 Å². The molecule has 0 radical (unpaired) electrons. The van der Waals surface area contributed by atoms with Crippen LogP contribution in [-0.2, 0) is 16.4 Å². The average molecular weight is 442 g/mol. The zero-order valence-corrected chi connectivity index (χ0v) is 16.8. The number of guanidine groups is 1. The molecule has 0 atom stereocenters. The highest BCUT2D eigenvalue weighted by atomic mass is 79.9. The second-order valence-electron chi connectivity index (χ2n) is 5.52. The Kier molecular flexibility index (Phi) is 7.59. The molecule has 0 aromatic heterocycles. The molecule has 0 amide bonds. The van der Waals surface area contributed by atoms with E-state index in [0.717, 1.165) is 10.0 Å². The fraction of sp³-hybridized carbons (Fsp3) is 0.278. The zero-order valence-electron chi connectivity index (χ0n) is 14.4. The van der Waals surface area contributed by atoms with Crippen LogP contribution in [0.25, 0.3) is 0 Å². The molecule has 0 bridgehead atoms. The van der Waals surface area contributed by atoms with Gasteiger partial charge in [0, 0.05) is 17.6 Å². The van der Waals surface area contributed by atoms with Crippen molar-refractivity contribution < 1.29 is 12.8 Å². The molecule has 0 saturated heterocycles. The van der Waals surface area contributed by atoms with E-state index in [4.69, 9.17) is 0 Å². The average Bonchev–Trinajstić information content (AvgIpc) is 2.61. The van der Waals surface area contributed by atoms with Gasteiger partial charge in [0.05, 0.1) is 17.2 Å². The fourth-order valence-corrected chi connectivity index (χ4v) is 3.59. The van der Waals surface area contributed by atoms with Gasteiger partial charge in [-0.2, -0.15) is 0 Å². The van der Waals surface area contributed by atoms with Crippen LogP contribution < -0.4 is 10.6 Å². The van der Waals surface area contributed by atoms with Crippen molar-refractivity contribution in [1.29, 1.82) is 0 Å². The van der Waals surface area contributed by atoms with Crippen LogP contribution in [0.15, 0.2) is 62.9 Å². The Morgan fingerprint density at radius 2 is 1.73 bits per heavy atom. The summed E-state index contributed by atoms with van der Waals surface area (Å²) in [6, 6.07) is 12.7. The molecule has 2 aromatic carbocycles. The minimum atomic E-state index is -3.37. The normalized spacial score (nSPS) is 12.0. The molecule has 0 fully saturated rings. The maximum atomic E-state index is 12.9. The summed E-state index contributed by atoms with van der Waals surface area (Å²) < 4.78 is 38.4. The van der Waals surface area contributed by atoms with E-state index >= 15 is 0 Å². The van der Waals surface area contributed by atoms with E-state index in [1.807, 2.05) is 6.92 Å². The van der Waals surface area contributed by atoms with Crippen LogP contribution in [0.1, 0.15) is 12.5 Å². The van der Waals surface area contributed by atoms with Crippen molar-refractivity contribution in [1.82, 2.24) is 10.6 Å². The Hall–Kier alpha value is -1.93. The van der Waals surface area contributed by atoms with Gasteiger partial charge in [-0.25, -0.2) is 17.8 Å². The van der Waals surface area contributed by atoms with Gasteiger partial charge in [0.1, 0.15) is 5.82 Å². The number of hydrogen-bond acceptors (Lipinski definition) is 3. The molecule has 0 saturated carbocycles. The quantitative estimate of drug-likeness (QED) is 0.511. The highest BCUT2D eigenvalue weighted by Crippen LogP contribution is 2.15. The van der Waals surface area contributed by atoms with E-state index in [2.05, 4.69) is 31.6 Å². The topological polar surface area (TPSA) is 70.6 Å². The number of nitrogens with zero attached hydrogens (tertiary/aromatic N) is 1. The lowest BCUT2D eigenvalue weighted by atomic mass is 10.2. The van der Waals surface area contributed by atoms with Crippen LogP contribution >= 0.6 is 15.9 Å². The molecule has 0 aliphatic rings. The Morgan fingerprint density at radius 3 is 2.35 bits per heavy atom. The van der Waals surface area contributed by atoms with Crippen molar-refractivity contribution in [3.8, 4) is 0 Å². The van der Waals surface area contributed by atoms with E-state index in [-0.39, 0.29) is 23.0 Å². The van der Waals surface area contributed by atoms with Crippen LogP contribution in [0.4, 0.5) is 4.39 Å². The first kappa shape index (κ1) is 20.4. The van der Waals surface area contributed by atoms with Crippen LogP contribution in [0.2, 0.25) is 0 Å². The highest BCUT2D eigenvalue weighted by molar-refractivity contribution is 9.10. The van der Waals surface area contributed by atoms with Gasteiger partial charge < -0.3 is 10.6 Å². The standard InChI is InChI=1S/C18H21BrFN3O2S/c1-2-21-18(23-13-14-3-7-16(20)8-4-14)22-11-12-26(24,25)17-9-5-15(19)6-10-17/h3-10H,2,11-13H2,1H3,(H2,21,22,23). The van der Waals surface area contributed by atoms with Crippen molar-refractivity contribution in [2.45, 2.75) is 18.4 Å². The number of aliphatic imine (C=N–C) groups is 1. The first-order chi connectivity index (χ1) is 12.4. The molecule has 140 valence electrons. The van der Waals surface area contributed by atoms with Crippen molar-refractivity contribution in [3.05, 3.63) is 64.4 Å². The maximum Gasteiger partial charge on any atom is 0.191 e. The van der Waals surface area contributed by atoms with Gasteiger partial charge in [0.2, 0.25) is 0 Å². The number of halogens is 2. The molecular formula is C18H21BrFN3O2S. The van der Waals surface area contributed by atoms with Gasteiger partial charge >= 0.3 is 0 Å². The lowest BCUT2D eigenvalue weighted by Crippen LogP contribution is -2.39. The van der Waals surface area contributed by atoms with Crippen molar-refractivity contribution in [3.63, 3.8) is 0 Å². The maximum absolute atomic E-state index is 12.9. The zero-order chi connectivity index (χ0) is 19.0. The molecule has 0 aliphatic heterocycles. The number of sulfone groups is 1. The largest absolute Gasteiger partial charge is 0.357 e. The van der Waals surface area contributed by atoms with Gasteiger partial charge in [0.15, 0.2) is 15.8 Å².